The zero-order valence-corrected chi connectivity index (χ0v) is 12.8. The second kappa shape index (κ2) is 6.70. The van der Waals surface area contributed by atoms with Gasteiger partial charge in [0, 0.05) is 12.1 Å². The highest BCUT2D eigenvalue weighted by Crippen LogP contribution is 2.27. The maximum Gasteiger partial charge on any atom is 0.106 e. The zero-order valence-electron chi connectivity index (χ0n) is 12.8. The predicted octanol–water partition coefficient (Wildman–Crippen LogP) is 2.99. The van der Waals surface area contributed by atoms with Gasteiger partial charge in [0.2, 0.25) is 0 Å². The average molecular weight is 276 g/mol. The second-order valence-electron chi connectivity index (χ2n) is 5.14. The van der Waals surface area contributed by atoms with Crippen molar-refractivity contribution in [3.63, 3.8) is 0 Å². The van der Waals surface area contributed by atoms with E-state index in [1.54, 1.807) is 0 Å². The van der Waals surface area contributed by atoms with E-state index in [4.69, 9.17) is 4.42 Å². The van der Waals surface area contributed by atoms with E-state index >= 15 is 0 Å². The number of hydrogen-bond donors (Lipinski definition) is 1. The Morgan fingerprint density at radius 1 is 1.30 bits per heavy atom. The van der Waals surface area contributed by atoms with Crippen LogP contribution in [0.3, 0.4) is 0 Å². The number of nitrogens with zero attached hydrogens (tertiary/aromatic N) is 3. The molecule has 2 heterocycles. The van der Waals surface area contributed by atoms with Gasteiger partial charge in [-0.05, 0) is 39.3 Å². The first-order valence-corrected chi connectivity index (χ1v) is 7.36. The molecule has 2 aromatic rings. The molecule has 5 heteroatoms. The van der Waals surface area contributed by atoms with Crippen molar-refractivity contribution in [2.45, 2.75) is 53.1 Å². The Morgan fingerprint density at radius 3 is 2.70 bits per heavy atom. The molecule has 0 bridgehead atoms. The molecule has 0 aliphatic heterocycles. The van der Waals surface area contributed by atoms with E-state index in [0.717, 1.165) is 43.1 Å². The van der Waals surface area contributed by atoms with Gasteiger partial charge >= 0.3 is 0 Å². The average Bonchev–Trinajstić information content (AvgIpc) is 2.99. The van der Waals surface area contributed by atoms with E-state index < -0.39 is 0 Å². The van der Waals surface area contributed by atoms with Crippen molar-refractivity contribution < 1.29 is 4.42 Å². The Bertz CT molecular complexity index is 544. The Kier molecular flexibility index (Phi) is 4.95. The molecule has 1 unspecified atom stereocenters. The fourth-order valence-corrected chi connectivity index (χ4v) is 2.47. The van der Waals surface area contributed by atoms with Crippen LogP contribution in [0.25, 0.3) is 0 Å². The summed E-state index contributed by atoms with van der Waals surface area (Å²) >= 11 is 0. The predicted molar refractivity (Wildman–Crippen MR) is 78.6 cm³/mol. The van der Waals surface area contributed by atoms with Gasteiger partial charge in [-0.15, -0.1) is 5.10 Å². The topological polar surface area (TPSA) is 55.9 Å². The molecule has 20 heavy (non-hydrogen) atoms. The van der Waals surface area contributed by atoms with Crippen molar-refractivity contribution in [2.24, 2.45) is 0 Å². The molecule has 1 atom stereocenters. The monoisotopic (exact) mass is 276 g/mol. The third kappa shape index (κ3) is 3.10. The van der Waals surface area contributed by atoms with Crippen LogP contribution in [0, 0.1) is 13.8 Å². The van der Waals surface area contributed by atoms with Crippen LogP contribution in [0.4, 0.5) is 0 Å². The first kappa shape index (κ1) is 14.8. The van der Waals surface area contributed by atoms with Crippen molar-refractivity contribution in [3.8, 4) is 0 Å². The molecule has 5 nitrogen and oxygen atoms in total. The quantitative estimate of drug-likeness (QED) is 0.844. The van der Waals surface area contributed by atoms with Crippen molar-refractivity contribution in [1.82, 2.24) is 20.3 Å². The molecule has 0 spiro atoms. The van der Waals surface area contributed by atoms with Crippen LogP contribution in [0.2, 0.25) is 0 Å². The van der Waals surface area contributed by atoms with Gasteiger partial charge < -0.3 is 9.73 Å². The number of nitrogens with one attached hydrogen (secondary N) is 1. The molecule has 0 radical (unpaired) electrons. The van der Waals surface area contributed by atoms with Gasteiger partial charge in [-0.2, -0.15) is 0 Å². The van der Waals surface area contributed by atoms with Gasteiger partial charge in [-0.3, -0.25) is 0 Å². The van der Waals surface area contributed by atoms with Crippen LogP contribution in [0.15, 0.2) is 16.7 Å². The molecule has 0 aromatic carbocycles. The summed E-state index contributed by atoms with van der Waals surface area (Å²) in [5.74, 6) is 1.90. The summed E-state index contributed by atoms with van der Waals surface area (Å²) in [6.45, 7) is 10.1. The van der Waals surface area contributed by atoms with Crippen LogP contribution in [0.5, 0.6) is 0 Å². The standard InChI is InChI=1S/C15H24N4O/c1-5-7-16-15(13-9-11(3)20-12(13)4)14-10-17-18-19(14)8-6-2/h9-10,15-16H,5-8H2,1-4H3. The third-order valence-corrected chi connectivity index (χ3v) is 3.37. The minimum Gasteiger partial charge on any atom is -0.466 e. The fourth-order valence-electron chi connectivity index (χ4n) is 2.47. The maximum atomic E-state index is 5.68. The van der Waals surface area contributed by atoms with E-state index in [1.165, 1.54) is 5.56 Å². The van der Waals surface area contributed by atoms with Crippen molar-refractivity contribution in [1.29, 1.82) is 0 Å². The Labute approximate surface area is 120 Å². The summed E-state index contributed by atoms with van der Waals surface area (Å²) in [6.07, 6.45) is 3.98. The zero-order chi connectivity index (χ0) is 14.5. The summed E-state index contributed by atoms with van der Waals surface area (Å²) in [5, 5.41) is 11.8. The number of aryl methyl sites for hydroxylation is 3. The lowest BCUT2D eigenvalue weighted by molar-refractivity contribution is 0.479. The lowest BCUT2D eigenvalue weighted by atomic mass is 10.0. The van der Waals surface area contributed by atoms with E-state index in [0.29, 0.717) is 0 Å². The highest BCUT2D eigenvalue weighted by atomic mass is 16.3. The van der Waals surface area contributed by atoms with Crippen molar-refractivity contribution in [2.75, 3.05) is 6.54 Å². The fraction of sp³-hybridized carbons (Fsp3) is 0.600. The number of furan rings is 1. The van der Waals surface area contributed by atoms with Gasteiger partial charge in [-0.25, -0.2) is 4.68 Å². The van der Waals surface area contributed by atoms with Gasteiger partial charge in [0.25, 0.3) is 0 Å². The van der Waals surface area contributed by atoms with Crippen LogP contribution in [0.1, 0.15) is 55.5 Å². The van der Waals surface area contributed by atoms with Crippen molar-refractivity contribution in [3.05, 3.63) is 35.0 Å². The first-order valence-electron chi connectivity index (χ1n) is 7.36. The molecule has 0 aliphatic carbocycles. The molecule has 0 aliphatic rings. The Balaban J connectivity index is 2.36. The van der Waals surface area contributed by atoms with Gasteiger partial charge in [-0.1, -0.05) is 19.1 Å². The summed E-state index contributed by atoms with van der Waals surface area (Å²) in [4.78, 5) is 0. The molecule has 0 fully saturated rings. The first-order chi connectivity index (χ1) is 9.67. The molecule has 110 valence electrons. The summed E-state index contributed by atoms with van der Waals surface area (Å²) in [6, 6.07) is 2.19. The smallest absolute Gasteiger partial charge is 0.106 e. The molecular weight excluding hydrogens is 252 g/mol. The Morgan fingerprint density at radius 2 is 2.10 bits per heavy atom. The molecule has 0 amide bonds. The van der Waals surface area contributed by atoms with Crippen LogP contribution in [-0.2, 0) is 6.54 Å². The van der Waals surface area contributed by atoms with Crippen LogP contribution >= 0.6 is 0 Å². The summed E-state index contributed by atoms with van der Waals surface area (Å²) in [5.41, 5.74) is 2.28. The molecule has 0 saturated heterocycles. The number of aromatic nitrogens is 3. The minimum atomic E-state index is 0.0916. The van der Waals surface area contributed by atoms with Crippen LogP contribution < -0.4 is 5.32 Å². The van der Waals surface area contributed by atoms with Gasteiger partial charge in [0.15, 0.2) is 0 Å². The van der Waals surface area contributed by atoms with Gasteiger partial charge in [0.1, 0.15) is 11.5 Å². The lowest BCUT2D eigenvalue weighted by Gasteiger charge is -2.18. The van der Waals surface area contributed by atoms with E-state index in [-0.39, 0.29) is 6.04 Å². The molecule has 0 saturated carbocycles. The second-order valence-corrected chi connectivity index (χ2v) is 5.14. The molecule has 1 N–H and O–H groups in total. The molecule has 2 rings (SSSR count). The Hall–Kier alpha value is -1.62. The lowest BCUT2D eigenvalue weighted by Crippen LogP contribution is -2.26. The van der Waals surface area contributed by atoms with Gasteiger partial charge in [0.05, 0.1) is 17.9 Å². The summed E-state index contributed by atoms with van der Waals surface area (Å²) < 4.78 is 7.66. The minimum absolute atomic E-state index is 0.0916. The SMILES string of the molecule is CCCNC(c1cc(C)oc1C)c1cnnn1CCC. The maximum absolute atomic E-state index is 5.68. The molecular formula is C15H24N4O. The van der Waals surface area contributed by atoms with E-state index in [2.05, 4.69) is 35.5 Å². The normalized spacial score (nSPS) is 12.8. The van der Waals surface area contributed by atoms with E-state index in [9.17, 15) is 0 Å². The largest absolute Gasteiger partial charge is 0.466 e. The number of hydrogen-bond acceptors (Lipinski definition) is 4. The summed E-state index contributed by atoms with van der Waals surface area (Å²) in [7, 11) is 0. The number of rotatable bonds is 7. The highest BCUT2D eigenvalue weighted by molar-refractivity contribution is 5.30. The third-order valence-electron chi connectivity index (χ3n) is 3.37. The van der Waals surface area contributed by atoms with E-state index in [1.807, 2.05) is 24.7 Å². The molecule has 2 aromatic heterocycles. The van der Waals surface area contributed by atoms with Crippen LogP contribution in [-0.4, -0.2) is 21.5 Å². The highest BCUT2D eigenvalue weighted by Gasteiger charge is 2.22. The van der Waals surface area contributed by atoms with Crippen molar-refractivity contribution >= 4 is 0 Å².